The van der Waals surface area contributed by atoms with Gasteiger partial charge in [-0.3, -0.25) is 10.2 Å². The van der Waals surface area contributed by atoms with Gasteiger partial charge in [0.05, 0.1) is 12.6 Å². The van der Waals surface area contributed by atoms with Gasteiger partial charge in [0, 0.05) is 6.54 Å². The van der Waals surface area contributed by atoms with Gasteiger partial charge < -0.3 is 0 Å². The van der Waals surface area contributed by atoms with E-state index >= 15 is 0 Å². The summed E-state index contributed by atoms with van der Waals surface area (Å²) < 4.78 is 36.7. The lowest BCUT2D eigenvalue weighted by Crippen LogP contribution is -2.45. The summed E-state index contributed by atoms with van der Waals surface area (Å²) in [7, 11) is 0. The molecular weight excluding hydrogens is 231 g/mol. The van der Waals surface area contributed by atoms with Crippen molar-refractivity contribution in [1.82, 2.24) is 10.2 Å². The third kappa shape index (κ3) is 7.18. The summed E-state index contributed by atoms with van der Waals surface area (Å²) in [6.07, 6.45) is -3.81. The number of nitrogens with one attached hydrogen (secondary N) is 1. The van der Waals surface area contributed by atoms with Crippen LogP contribution < -0.4 is 5.32 Å². The van der Waals surface area contributed by atoms with Crippen molar-refractivity contribution in [2.24, 2.45) is 0 Å². The molecule has 17 heavy (non-hydrogen) atoms. The topological polar surface area (TPSA) is 39.1 Å². The highest BCUT2D eigenvalue weighted by Crippen LogP contribution is 2.17. The molecule has 100 valence electrons. The van der Waals surface area contributed by atoms with Gasteiger partial charge in [0.15, 0.2) is 0 Å². The SMILES string of the molecule is CCNC(C)(C#N)CCN(CC)CC(F)(F)F. The van der Waals surface area contributed by atoms with Crippen LogP contribution in [-0.2, 0) is 0 Å². The second kappa shape index (κ2) is 6.82. The minimum Gasteiger partial charge on any atom is -0.300 e. The van der Waals surface area contributed by atoms with Crippen LogP contribution in [0.2, 0.25) is 0 Å². The van der Waals surface area contributed by atoms with Crippen molar-refractivity contribution in [1.29, 1.82) is 5.26 Å². The molecule has 0 aliphatic rings. The third-order valence-corrected chi connectivity index (χ3v) is 2.59. The Morgan fingerprint density at radius 1 is 1.29 bits per heavy atom. The number of hydrogen-bond donors (Lipinski definition) is 1. The van der Waals surface area contributed by atoms with E-state index in [0.29, 0.717) is 19.5 Å². The number of nitriles is 1. The first-order valence-electron chi connectivity index (χ1n) is 5.71. The zero-order chi connectivity index (χ0) is 13.5. The van der Waals surface area contributed by atoms with Gasteiger partial charge in [0.1, 0.15) is 5.54 Å². The molecule has 6 heteroatoms. The molecule has 0 heterocycles. The minimum absolute atomic E-state index is 0.257. The number of nitrogens with zero attached hydrogens (tertiary/aromatic N) is 2. The molecule has 0 amide bonds. The number of rotatable bonds is 7. The van der Waals surface area contributed by atoms with Crippen LogP contribution >= 0.6 is 0 Å². The lowest BCUT2D eigenvalue weighted by atomic mass is 9.99. The highest BCUT2D eigenvalue weighted by atomic mass is 19.4. The van der Waals surface area contributed by atoms with Crippen LogP contribution in [0.3, 0.4) is 0 Å². The molecule has 0 aromatic heterocycles. The van der Waals surface area contributed by atoms with Crippen LogP contribution in [0.5, 0.6) is 0 Å². The second-order valence-electron chi connectivity index (χ2n) is 4.21. The second-order valence-corrected chi connectivity index (χ2v) is 4.21. The summed E-state index contributed by atoms with van der Waals surface area (Å²) in [6.45, 7) is 5.54. The molecule has 3 nitrogen and oxygen atoms in total. The Labute approximate surface area is 101 Å². The molecular formula is C11H20F3N3. The largest absolute Gasteiger partial charge is 0.401 e. The highest BCUT2D eigenvalue weighted by Gasteiger charge is 2.31. The number of hydrogen-bond acceptors (Lipinski definition) is 3. The number of halogens is 3. The lowest BCUT2D eigenvalue weighted by molar-refractivity contribution is -0.145. The first-order chi connectivity index (χ1) is 7.76. The van der Waals surface area contributed by atoms with Crippen molar-refractivity contribution in [3.8, 4) is 6.07 Å². The molecule has 0 saturated carbocycles. The van der Waals surface area contributed by atoms with E-state index in [1.807, 2.05) is 6.92 Å². The van der Waals surface area contributed by atoms with Crippen LogP contribution in [0.1, 0.15) is 27.2 Å². The van der Waals surface area contributed by atoms with Crippen molar-refractivity contribution < 1.29 is 13.2 Å². The van der Waals surface area contributed by atoms with E-state index in [-0.39, 0.29) is 6.54 Å². The maximum Gasteiger partial charge on any atom is 0.401 e. The van der Waals surface area contributed by atoms with Gasteiger partial charge in [-0.05, 0) is 26.4 Å². The van der Waals surface area contributed by atoms with Crippen molar-refractivity contribution in [3.05, 3.63) is 0 Å². The predicted octanol–water partition coefficient (Wildman–Crippen LogP) is 2.15. The first kappa shape index (κ1) is 16.2. The molecule has 0 saturated heterocycles. The summed E-state index contributed by atoms with van der Waals surface area (Å²) in [5.74, 6) is 0. The molecule has 0 aliphatic heterocycles. The molecule has 0 rings (SSSR count). The van der Waals surface area contributed by atoms with Gasteiger partial charge in [-0.25, -0.2) is 0 Å². The monoisotopic (exact) mass is 251 g/mol. The fourth-order valence-corrected chi connectivity index (χ4v) is 1.56. The van der Waals surface area contributed by atoms with Crippen molar-refractivity contribution in [2.75, 3.05) is 26.2 Å². The molecule has 0 radical (unpaired) electrons. The molecule has 1 N–H and O–H groups in total. The minimum atomic E-state index is -4.18. The molecule has 0 aliphatic carbocycles. The Morgan fingerprint density at radius 2 is 1.88 bits per heavy atom. The Balaban J connectivity index is 4.27. The Bertz CT molecular complexity index is 260. The van der Waals surface area contributed by atoms with Gasteiger partial charge in [-0.15, -0.1) is 0 Å². The van der Waals surface area contributed by atoms with Crippen LogP contribution in [0.4, 0.5) is 13.2 Å². The summed E-state index contributed by atoms with van der Waals surface area (Å²) in [4.78, 5) is 1.30. The summed E-state index contributed by atoms with van der Waals surface area (Å²) in [6, 6.07) is 2.10. The van der Waals surface area contributed by atoms with Gasteiger partial charge in [0.2, 0.25) is 0 Å². The van der Waals surface area contributed by atoms with Crippen molar-refractivity contribution in [3.63, 3.8) is 0 Å². The van der Waals surface area contributed by atoms with Crippen LogP contribution in [0, 0.1) is 11.3 Å². The summed E-state index contributed by atoms with van der Waals surface area (Å²) in [5.41, 5.74) is -0.756. The van der Waals surface area contributed by atoms with E-state index in [4.69, 9.17) is 5.26 Å². The molecule has 0 aromatic rings. The van der Waals surface area contributed by atoms with Crippen molar-refractivity contribution in [2.45, 2.75) is 38.9 Å². The van der Waals surface area contributed by atoms with E-state index in [1.165, 1.54) is 4.90 Å². The maximum absolute atomic E-state index is 12.2. The molecule has 1 atom stereocenters. The third-order valence-electron chi connectivity index (χ3n) is 2.59. The fraction of sp³-hybridized carbons (Fsp3) is 0.909. The Kier molecular flexibility index (Phi) is 6.50. The Hall–Kier alpha value is -0.800. The smallest absolute Gasteiger partial charge is 0.300 e. The molecule has 0 fully saturated rings. The fourth-order valence-electron chi connectivity index (χ4n) is 1.56. The standard InChI is InChI=1S/C11H20F3N3/c1-4-16-10(3,8-15)6-7-17(5-2)9-11(12,13)14/h16H,4-7,9H2,1-3H3. The van der Waals surface area contributed by atoms with Crippen LogP contribution in [0.15, 0.2) is 0 Å². The van der Waals surface area contributed by atoms with E-state index in [9.17, 15) is 13.2 Å². The van der Waals surface area contributed by atoms with Gasteiger partial charge >= 0.3 is 6.18 Å². The van der Waals surface area contributed by atoms with E-state index < -0.39 is 18.3 Å². The zero-order valence-electron chi connectivity index (χ0n) is 10.6. The van der Waals surface area contributed by atoms with E-state index in [2.05, 4.69) is 11.4 Å². The summed E-state index contributed by atoms with van der Waals surface area (Å²) in [5, 5.41) is 12.0. The molecule has 0 aromatic carbocycles. The molecule has 0 spiro atoms. The normalized spacial score (nSPS) is 15.6. The van der Waals surface area contributed by atoms with Gasteiger partial charge in [0.25, 0.3) is 0 Å². The molecule has 0 bridgehead atoms. The zero-order valence-corrected chi connectivity index (χ0v) is 10.6. The van der Waals surface area contributed by atoms with E-state index in [0.717, 1.165) is 0 Å². The van der Waals surface area contributed by atoms with Gasteiger partial charge in [-0.2, -0.15) is 18.4 Å². The predicted molar refractivity (Wildman–Crippen MR) is 60.5 cm³/mol. The Morgan fingerprint density at radius 3 is 2.24 bits per heavy atom. The average molecular weight is 251 g/mol. The lowest BCUT2D eigenvalue weighted by Gasteiger charge is -2.27. The average Bonchev–Trinajstić information content (AvgIpc) is 2.23. The first-order valence-corrected chi connectivity index (χ1v) is 5.71. The van der Waals surface area contributed by atoms with Crippen LogP contribution in [0.25, 0.3) is 0 Å². The van der Waals surface area contributed by atoms with Crippen molar-refractivity contribution >= 4 is 0 Å². The maximum atomic E-state index is 12.2. The highest BCUT2D eigenvalue weighted by molar-refractivity contribution is 5.03. The van der Waals surface area contributed by atoms with E-state index in [1.54, 1.807) is 13.8 Å². The summed E-state index contributed by atoms with van der Waals surface area (Å²) >= 11 is 0. The van der Waals surface area contributed by atoms with Gasteiger partial charge in [-0.1, -0.05) is 13.8 Å². The quantitative estimate of drug-likeness (QED) is 0.753. The van der Waals surface area contributed by atoms with Crippen LogP contribution in [-0.4, -0.2) is 42.8 Å². The molecule has 1 unspecified atom stereocenters. The number of alkyl halides is 3.